The van der Waals surface area contributed by atoms with Crippen molar-refractivity contribution in [1.82, 2.24) is 9.80 Å². The molecule has 0 saturated carbocycles. The second kappa shape index (κ2) is 16.3. The third-order valence-corrected chi connectivity index (χ3v) is 3.75. The molecule has 0 spiro atoms. The van der Waals surface area contributed by atoms with Gasteiger partial charge in [0.1, 0.15) is 0 Å². The van der Waals surface area contributed by atoms with E-state index in [1.54, 1.807) is 0 Å². The van der Waals surface area contributed by atoms with Gasteiger partial charge in [-0.05, 0) is 51.9 Å². The molecule has 20 heavy (non-hydrogen) atoms. The summed E-state index contributed by atoms with van der Waals surface area (Å²) in [6.45, 7) is 14.2. The zero-order valence-electron chi connectivity index (χ0n) is 14.5. The fraction of sp³-hybridized carbons (Fsp3) is 1.00. The lowest BCUT2D eigenvalue weighted by Crippen LogP contribution is -2.12. The summed E-state index contributed by atoms with van der Waals surface area (Å²) >= 11 is 0. The average molecular weight is 418 g/mol. The highest BCUT2D eigenvalue weighted by molar-refractivity contribution is 8.93. The van der Waals surface area contributed by atoms with Crippen LogP contribution in [0.1, 0.15) is 53.4 Å². The van der Waals surface area contributed by atoms with Crippen LogP contribution in [0, 0.1) is 11.8 Å². The predicted molar refractivity (Wildman–Crippen MR) is 104 cm³/mol. The highest BCUT2D eigenvalue weighted by Crippen LogP contribution is 2.12. The molecule has 2 fully saturated rings. The van der Waals surface area contributed by atoms with Gasteiger partial charge in [-0.25, -0.2) is 0 Å². The molecule has 2 aliphatic rings. The molecule has 0 bridgehead atoms. The van der Waals surface area contributed by atoms with Crippen molar-refractivity contribution < 1.29 is 0 Å². The molecule has 2 unspecified atom stereocenters. The maximum Gasteiger partial charge on any atom is 0.000445 e. The normalized spacial score (nSPS) is 25.5. The first kappa shape index (κ1) is 25.8. The van der Waals surface area contributed by atoms with E-state index >= 15 is 0 Å². The van der Waals surface area contributed by atoms with Gasteiger partial charge in [0.2, 0.25) is 0 Å². The summed E-state index contributed by atoms with van der Waals surface area (Å²) in [6.07, 6.45) is 5.44. The third-order valence-electron chi connectivity index (χ3n) is 3.75. The molecule has 2 aliphatic heterocycles. The number of unbranched alkanes of at least 4 members (excludes halogenated alkanes) is 1. The van der Waals surface area contributed by atoms with Crippen molar-refractivity contribution in [1.29, 1.82) is 0 Å². The van der Waals surface area contributed by atoms with Crippen molar-refractivity contribution >= 4 is 34.0 Å². The first-order valence-corrected chi connectivity index (χ1v) is 7.86. The molecular formula is C16H38Br2N2. The van der Waals surface area contributed by atoms with Gasteiger partial charge in [0.25, 0.3) is 0 Å². The molecule has 2 saturated heterocycles. The van der Waals surface area contributed by atoms with Crippen molar-refractivity contribution in [2.45, 2.75) is 53.4 Å². The van der Waals surface area contributed by atoms with Gasteiger partial charge < -0.3 is 9.80 Å². The molecule has 2 rings (SSSR count). The van der Waals surface area contributed by atoms with E-state index in [9.17, 15) is 0 Å². The predicted octanol–water partition coefficient (Wildman–Crippen LogP) is 4.88. The van der Waals surface area contributed by atoms with Crippen molar-refractivity contribution in [2.24, 2.45) is 11.8 Å². The number of likely N-dealkylation sites (tertiary alicyclic amines) is 2. The van der Waals surface area contributed by atoms with Crippen LogP contribution in [0.25, 0.3) is 0 Å². The lowest BCUT2D eigenvalue weighted by molar-refractivity contribution is 0.402. The maximum atomic E-state index is 2.38. The summed E-state index contributed by atoms with van der Waals surface area (Å²) in [7, 11) is 4.37. The summed E-state index contributed by atoms with van der Waals surface area (Å²) in [5.74, 6) is 1.90. The standard InChI is InChI=1S/2C6H13N.C4H10.2BrH/c2*1-6-3-4-7(2)5-6;1-3-4-2;;/h2*6H,3-5H2,1-2H3;3-4H2,1-2H3;2*1H. The van der Waals surface area contributed by atoms with Crippen molar-refractivity contribution in [2.75, 3.05) is 40.3 Å². The van der Waals surface area contributed by atoms with Crippen LogP contribution in [0.2, 0.25) is 0 Å². The minimum Gasteiger partial charge on any atom is -0.306 e. The SMILES string of the molecule is Br.Br.CC1CCN(C)C1.CC1CCN(C)C1.CCCC. The lowest BCUT2D eigenvalue weighted by atomic mass is 10.2. The minimum atomic E-state index is 0. The van der Waals surface area contributed by atoms with Crippen LogP contribution < -0.4 is 0 Å². The lowest BCUT2D eigenvalue weighted by Gasteiger charge is -2.03. The molecule has 0 radical (unpaired) electrons. The van der Waals surface area contributed by atoms with Gasteiger partial charge >= 0.3 is 0 Å². The van der Waals surface area contributed by atoms with E-state index in [1.807, 2.05) is 0 Å². The van der Waals surface area contributed by atoms with E-state index < -0.39 is 0 Å². The Bertz CT molecular complexity index is 155. The number of nitrogens with zero attached hydrogens (tertiary/aromatic N) is 2. The second-order valence-corrected chi connectivity index (χ2v) is 6.31. The summed E-state index contributed by atoms with van der Waals surface area (Å²) in [5, 5.41) is 0. The highest BCUT2D eigenvalue weighted by atomic mass is 79.9. The highest BCUT2D eigenvalue weighted by Gasteiger charge is 2.13. The van der Waals surface area contributed by atoms with E-state index in [0.717, 1.165) is 11.8 Å². The number of halogens is 2. The van der Waals surface area contributed by atoms with Gasteiger partial charge in [0, 0.05) is 13.1 Å². The van der Waals surface area contributed by atoms with E-state index in [0.29, 0.717) is 0 Å². The Labute approximate surface area is 149 Å². The zero-order valence-corrected chi connectivity index (χ0v) is 17.9. The Balaban J connectivity index is -0.000000215. The second-order valence-electron chi connectivity index (χ2n) is 6.31. The number of rotatable bonds is 1. The van der Waals surface area contributed by atoms with Crippen LogP contribution in [0.4, 0.5) is 0 Å². The van der Waals surface area contributed by atoms with Crippen molar-refractivity contribution in [3.8, 4) is 0 Å². The monoisotopic (exact) mass is 416 g/mol. The van der Waals surface area contributed by atoms with Crippen LogP contribution in [-0.4, -0.2) is 50.1 Å². The fourth-order valence-electron chi connectivity index (χ4n) is 2.31. The van der Waals surface area contributed by atoms with Crippen LogP contribution in [0.15, 0.2) is 0 Å². The largest absolute Gasteiger partial charge is 0.306 e. The Morgan fingerprint density at radius 1 is 0.750 bits per heavy atom. The summed E-state index contributed by atoms with van der Waals surface area (Å²) in [4.78, 5) is 4.76. The quantitative estimate of drug-likeness (QED) is 0.599. The zero-order chi connectivity index (χ0) is 14.0. The molecule has 2 heterocycles. The number of hydrogen-bond donors (Lipinski definition) is 0. The molecule has 4 heteroatoms. The van der Waals surface area contributed by atoms with Crippen LogP contribution in [-0.2, 0) is 0 Å². The van der Waals surface area contributed by atoms with E-state index in [1.165, 1.54) is 51.9 Å². The molecule has 2 nitrogen and oxygen atoms in total. The first-order valence-electron chi connectivity index (χ1n) is 7.86. The molecule has 0 amide bonds. The van der Waals surface area contributed by atoms with Crippen molar-refractivity contribution in [3.05, 3.63) is 0 Å². The van der Waals surface area contributed by atoms with Crippen molar-refractivity contribution in [3.63, 3.8) is 0 Å². The molecule has 0 aromatic carbocycles. The summed E-state index contributed by atoms with van der Waals surface area (Å²) in [5.41, 5.74) is 0. The Morgan fingerprint density at radius 2 is 1.05 bits per heavy atom. The Morgan fingerprint density at radius 3 is 1.10 bits per heavy atom. The average Bonchev–Trinajstić information content (AvgIpc) is 2.88. The maximum absolute atomic E-state index is 2.38. The third kappa shape index (κ3) is 15.3. The van der Waals surface area contributed by atoms with E-state index in [4.69, 9.17) is 0 Å². The summed E-state index contributed by atoms with van der Waals surface area (Å²) in [6, 6.07) is 0. The molecule has 0 aromatic heterocycles. The first-order chi connectivity index (χ1) is 8.49. The molecule has 0 aliphatic carbocycles. The van der Waals surface area contributed by atoms with E-state index in [2.05, 4.69) is 51.6 Å². The minimum absolute atomic E-state index is 0. The molecule has 126 valence electrons. The van der Waals surface area contributed by atoms with Gasteiger partial charge in [-0.1, -0.05) is 40.5 Å². The van der Waals surface area contributed by atoms with E-state index in [-0.39, 0.29) is 34.0 Å². The van der Waals surface area contributed by atoms with Gasteiger partial charge in [0.05, 0.1) is 0 Å². The molecule has 0 N–H and O–H groups in total. The van der Waals surface area contributed by atoms with Gasteiger partial charge in [0.15, 0.2) is 0 Å². The topological polar surface area (TPSA) is 6.48 Å². The van der Waals surface area contributed by atoms with Gasteiger partial charge in [-0.3, -0.25) is 0 Å². The molecule has 0 aromatic rings. The van der Waals surface area contributed by atoms with Crippen LogP contribution in [0.5, 0.6) is 0 Å². The molecular weight excluding hydrogens is 380 g/mol. The summed E-state index contributed by atoms with van der Waals surface area (Å²) < 4.78 is 0. The number of hydrogen-bond acceptors (Lipinski definition) is 2. The Kier molecular flexibility index (Phi) is 21.0. The fourth-order valence-corrected chi connectivity index (χ4v) is 2.31. The Hall–Kier alpha value is 0.880. The van der Waals surface area contributed by atoms with Crippen LogP contribution >= 0.6 is 34.0 Å². The van der Waals surface area contributed by atoms with Gasteiger partial charge in [-0.2, -0.15) is 0 Å². The molecule has 2 atom stereocenters. The van der Waals surface area contributed by atoms with Crippen LogP contribution in [0.3, 0.4) is 0 Å². The smallest absolute Gasteiger partial charge is 0.000445 e. The van der Waals surface area contributed by atoms with Gasteiger partial charge in [-0.15, -0.1) is 34.0 Å².